The van der Waals surface area contributed by atoms with Crippen molar-refractivity contribution in [3.05, 3.63) is 0 Å². The molecule has 5 nitrogen and oxygen atoms in total. The summed E-state index contributed by atoms with van der Waals surface area (Å²) >= 11 is 1.99. The maximum absolute atomic E-state index is 10.7. The van der Waals surface area contributed by atoms with Crippen molar-refractivity contribution >= 4 is 34.5 Å². The van der Waals surface area contributed by atoms with Crippen LogP contribution in [0, 0.1) is 0 Å². The molecule has 0 saturated carbocycles. The van der Waals surface area contributed by atoms with Gasteiger partial charge in [-0.25, -0.2) is 0 Å². The molecule has 0 aromatic rings. The molecule has 0 fully saturated rings. The first-order valence-electron chi connectivity index (χ1n) is 3.93. The van der Waals surface area contributed by atoms with Crippen molar-refractivity contribution in [2.24, 2.45) is 5.90 Å². The molecule has 0 aromatic heterocycles. The van der Waals surface area contributed by atoms with Gasteiger partial charge < -0.3 is 10.2 Å². The van der Waals surface area contributed by atoms with Crippen LogP contribution in [0.5, 0.6) is 0 Å². The van der Waals surface area contributed by atoms with E-state index >= 15 is 0 Å². The van der Waals surface area contributed by atoms with Gasteiger partial charge >= 0.3 is 5.97 Å². The molecule has 0 aliphatic rings. The second-order valence-corrected chi connectivity index (χ2v) is 3.19. The molecule has 13 heavy (non-hydrogen) atoms. The molecule has 0 bridgehead atoms. The Balaban J connectivity index is 3.17. The van der Waals surface area contributed by atoms with Gasteiger partial charge in [0.25, 0.3) is 0 Å². The Labute approximate surface area is 90.5 Å². The Morgan fingerprint density at radius 3 is 2.62 bits per heavy atom. The summed E-state index contributed by atoms with van der Waals surface area (Å²) in [5.41, 5.74) is 0. The third-order valence-electron chi connectivity index (χ3n) is 1.38. The van der Waals surface area contributed by atoms with E-state index in [1.807, 2.05) is 22.6 Å². The van der Waals surface area contributed by atoms with Crippen LogP contribution in [0.15, 0.2) is 0 Å². The second kappa shape index (κ2) is 8.24. The summed E-state index contributed by atoms with van der Waals surface area (Å²) in [4.78, 5) is 25.2. The predicted octanol–water partition coefficient (Wildman–Crippen LogP) is 0.125. The van der Waals surface area contributed by atoms with E-state index in [4.69, 9.17) is 0 Å². The fourth-order valence-corrected chi connectivity index (χ4v) is 0.998. The minimum absolute atomic E-state index is 0.0157. The van der Waals surface area contributed by atoms with Gasteiger partial charge in [0.05, 0.1) is 4.43 Å². The zero-order valence-electron chi connectivity index (χ0n) is 7.22. The van der Waals surface area contributed by atoms with Crippen molar-refractivity contribution in [1.29, 1.82) is 0 Å². The van der Waals surface area contributed by atoms with E-state index in [1.165, 1.54) is 0 Å². The lowest BCUT2D eigenvalue weighted by molar-refractivity contribution is -0.144. The first kappa shape index (κ1) is 12.6. The smallest absolute Gasteiger partial charge is 0.324 e. The summed E-state index contributed by atoms with van der Waals surface area (Å²) in [6.07, 6.45) is 1.74. The topological polar surface area (TPSA) is 81.4 Å². The van der Waals surface area contributed by atoms with E-state index in [1.54, 1.807) is 0 Å². The van der Waals surface area contributed by atoms with E-state index in [2.05, 4.69) is 16.1 Å². The normalized spacial score (nSPS) is 9.38. The zero-order valence-corrected chi connectivity index (χ0v) is 9.37. The quantitative estimate of drug-likeness (QED) is 0.316. The molecule has 6 heteroatoms. The molecule has 0 aliphatic carbocycles. The molecule has 0 aliphatic heterocycles. The zero-order chi connectivity index (χ0) is 10.1. The summed E-state index contributed by atoms with van der Waals surface area (Å²) in [5, 5.41) is 2.69. The monoisotopic (exact) mass is 300 g/mol. The summed E-state index contributed by atoms with van der Waals surface area (Å²) in [5.74, 6) is 4.24. The number of nitrogens with two attached hydrogens (primary N) is 1. The number of carbonyl (C=O) groups is 2. The van der Waals surface area contributed by atoms with Crippen molar-refractivity contribution in [3.8, 4) is 0 Å². The number of rotatable bonds is 6. The second-order valence-electron chi connectivity index (χ2n) is 2.43. The minimum Gasteiger partial charge on any atom is -0.373 e. The van der Waals surface area contributed by atoms with Gasteiger partial charge in [0, 0.05) is 13.0 Å². The van der Waals surface area contributed by atoms with Crippen molar-refractivity contribution < 1.29 is 14.4 Å². The maximum atomic E-state index is 10.7. The highest BCUT2D eigenvalue weighted by Crippen LogP contribution is 1.95. The number of unbranched alkanes of at least 4 members (excludes halogenated alkanes) is 1. The highest BCUT2D eigenvalue weighted by atomic mass is 127. The molecule has 3 N–H and O–H groups in total. The third kappa shape index (κ3) is 7.97. The molecule has 1 amide bonds. The summed E-state index contributed by atoms with van der Waals surface area (Å²) in [7, 11) is 0. The number of amides is 1. The van der Waals surface area contributed by atoms with Crippen LogP contribution in [0.1, 0.15) is 19.3 Å². The standard InChI is InChI=1S/C7H13IN2O3/c8-5-6(11)10-4-2-1-3-7(12)13-9/h1-5,9H2,(H,10,11). The molecule has 0 rings (SSSR count). The lowest BCUT2D eigenvalue weighted by Gasteiger charge is -2.01. The average molecular weight is 300 g/mol. The van der Waals surface area contributed by atoms with Crippen LogP contribution in [-0.4, -0.2) is 22.8 Å². The molecular formula is C7H13IN2O3. The lowest BCUT2D eigenvalue weighted by atomic mass is 10.2. The Morgan fingerprint density at radius 2 is 2.08 bits per heavy atom. The van der Waals surface area contributed by atoms with Crippen LogP contribution in [0.3, 0.4) is 0 Å². The molecule has 0 aromatic carbocycles. The summed E-state index contributed by atoms with van der Waals surface area (Å²) < 4.78 is 0.461. The van der Waals surface area contributed by atoms with E-state index in [-0.39, 0.29) is 5.91 Å². The highest BCUT2D eigenvalue weighted by Gasteiger charge is 2.00. The molecule has 0 spiro atoms. The number of halogens is 1. The highest BCUT2D eigenvalue weighted by molar-refractivity contribution is 14.1. The first-order chi connectivity index (χ1) is 6.20. The minimum atomic E-state index is -0.416. The summed E-state index contributed by atoms with van der Waals surface area (Å²) in [6.45, 7) is 0.597. The Kier molecular flexibility index (Phi) is 8.00. The molecule has 0 unspecified atom stereocenters. The van der Waals surface area contributed by atoms with E-state index in [0.29, 0.717) is 23.8 Å². The predicted molar refractivity (Wildman–Crippen MR) is 56.0 cm³/mol. The van der Waals surface area contributed by atoms with Crippen molar-refractivity contribution in [2.75, 3.05) is 11.0 Å². The van der Waals surface area contributed by atoms with E-state index in [9.17, 15) is 9.59 Å². The number of alkyl halides is 1. The maximum Gasteiger partial charge on any atom is 0.324 e. The Hall–Kier alpha value is -0.370. The van der Waals surface area contributed by atoms with Crippen molar-refractivity contribution in [2.45, 2.75) is 19.3 Å². The molecule has 0 saturated heterocycles. The Bertz CT molecular complexity index is 157. The van der Waals surface area contributed by atoms with Crippen molar-refractivity contribution in [3.63, 3.8) is 0 Å². The lowest BCUT2D eigenvalue weighted by Crippen LogP contribution is -2.25. The van der Waals surface area contributed by atoms with Gasteiger partial charge in [0.1, 0.15) is 0 Å². The van der Waals surface area contributed by atoms with Gasteiger partial charge in [-0.05, 0) is 12.8 Å². The SMILES string of the molecule is NOC(=O)CCCCNC(=O)CI. The largest absolute Gasteiger partial charge is 0.373 e. The van der Waals surface area contributed by atoms with Gasteiger partial charge in [0.15, 0.2) is 0 Å². The summed E-state index contributed by atoms with van der Waals surface area (Å²) in [6, 6.07) is 0. The van der Waals surface area contributed by atoms with Crippen LogP contribution < -0.4 is 11.2 Å². The van der Waals surface area contributed by atoms with Crippen LogP contribution in [0.2, 0.25) is 0 Å². The first-order valence-corrected chi connectivity index (χ1v) is 5.45. The number of hydrogen-bond acceptors (Lipinski definition) is 4. The van der Waals surface area contributed by atoms with Gasteiger partial charge in [-0.3, -0.25) is 9.59 Å². The fourth-order valence-electron chi connectivity index (χ4n) is 0.728. The van der Waals surface area contributed by atoms with Gasteiger partial charge in [-0.2, -0.15) is 5.90 Å². The molecular weight excluding hydrogens is 287 g/mol. The molecule has 76 valence electrons. The molecule has 0 radical (unpaired) electrons. The van der Waals surface area contributed by atoms with Gasteiger partial charge in [-0.15, -0.1) is 0 Å². The van der Waals surface area contributed by atoms with E-state index in [0.717, 1.165) is 6.42 Å². The van der Waals surface area contributed by atoms with Crippen LogP contribution in [-0.2, 0) is 14.4 Å². The molecule has 0 atom stereocenters. The number of hydrogen-bond donors (Lipinski definition) is 2. The van der Waals surface area contributed by atoms with Gasteiger partial charge in [0.2, 0.25) is 5.91 Å². The van der Waals surface area contributed by atoms with Crippen LogP contribution in [0.25, 0.3) is 0 Å². The fraction of sp³-hybridized carbons (Fsp3) is 0.714. The van der Waals surface area contributed by atoms with Gasteiger partial charge in [-0.1, -0.05) is 22.6 Å². The van der Waals surface area contributed by atoms with Crippen LogP contribution in [0.4, 0.5) is 0 Å². The van der Waals surface area contributed by atoms with Crippen LogP contribution >= 0.6 is 22.6 Å². The Morgan fingerprint density at radius 1 is 1.38 bits per heavy atom. The number of nitrogens with one attached hydrogen (secondary N) is 1. The third-order valence-corrected chi connectivity index (χ3v) is 2.08. The van der Waals surface area contributed by atoms with Crippen molar-refractivity contribution in [1.82, 2.24) is 5.32 Å². The molecule has 0 heterocycles. The van der Waals surface area contributed by atoms with E-state index < -0.39 is 5.97 Å². The number of carbonyl (C=O) groups excluding carboxylic acids is 2. The average Bonchev–Trinajstić information content (AvgIpc) is 2.16.